The van der Waals surface area contributed by atoms with Crippen LogP contribution >= 0.6 is 0 Å². The fraction of sp³-hybridized carbons (Fsp3) is 0.217. The number of amides is 4. The average Bonchev–Trinajstić information content (AvgIpc) is 2.93. The number of hydrogen-bond donors (Lipinski definition) is 2. The number of fused-ring (bicyclic) bond motifs is 1. The van der Waals surface area contributed by atoms with E-state index in [1.54, 1.807) is 25.1 Å². The summed E-state index contributed by atoms with van der Waals surface area (Å²) in [6.45, 7) is 5.31. The lowest BCUT2D eigenvalue weighted by atomic mass is 9.90. The van der Waals surface area contributed by atoms with Gasteiger partial charge in [-0.1, -0.05) is 12.1 Å². The number of hydrogen-bond acceptors (Lipinski definition) is 5. The zero-order valence-electron chi connectivity index (χ0n) is 17.3. The Morgan fingerprint density at radius 3 is 2.52 bits per heavy atom. The number of imide groups is 1. The van der Waals surface area contributed by atoms with Crippen LogP contribution in [0.15, 0.2) is 51.7 Å². The van der Waals surface area contributed by atoms with Crippen LogP contribution in [-0.2, 0) is 16.9 Å². The third-order valence-corrected chi connectivity index (χ3v) is 5.77. The van der Waals surface area contributed by atoms with Gasteiger partial charge in [-0.05, 0) is 67.3 Å². The molecule has 2 aromatic carbocycles. The molecular formula is C23H21N3O5. The van der Waals surface area contributed by atoms with E-state index in [1.807, 2.05) is 19.9 Å². The van der Waals surface area contributed by atoms with Gasteiger partial charge in [-0.25, -0.2) is 9.59 Å². The number of carbonyl (C=O) groups excluding carboxylic acids is 3. The molecule has 0 saturated carbocycles. The maximum absolute atomic E-state index is 13.3. The first kappa shape index (κ1) is 20.3. The minimum atomic E-state index is -1.37. The Kier molecular flexibility index (Phi) is 4.65. The standard InChI is InChI=1S/C23H21N3O5/c1-12-7-17-15(10-19(27)31-18(17)8-13(12)2)11-26-21(29)23(3,25-22(26)30)16-6-4-5-14(9-16)20(24)28/h4-10H,11H2,1-3H3,(H2,24,28)(H,25,30). The van der Waals surface area contributed by atoms with Crippen LogP contribution in [0.4, 0.5) is 4.79 Å². The number of nitrogens with zero attached hydrogens (tertiary/aromatic N) is 1. The van der Waals surface area contributed by atoms with Gasteiger partial charge in [-0.3, -0.25) is 14.5 Å². The second kappa shape index (κ2) is 7.09. The molecule has 0 radical (unpaired) electrons. The second-order valence-electron chi connectivity index (χ2n) is 7.91. The van der Waals surface area contributed by atoms with Crippen LogP contribution in [0.5, 0.6) is 0 Å². The maximum atomic E-state index is 13.3. The topological polar surface area (TPSA) is 123 Å². The van der Waals surface area contributed by atoms with Crippen molar-refractivity contribution < 1.29 is 18.8 Å². The number of urea groups is 1. The van der Waals surface area contributed by atoms with E-state index in [4.69, 9.17) is 10.2 Å². The number of nitrogens with one attached hydrogen (secondary N) is 1. The zero-order chi connectivity index (χ0) is 22.5. The largest absolute Gasteiger partial charge is 0.423 e. The first-order valence-electron chi connectivity index (χ1n) is 9.68. The van der Waals surface area contributed by atoms with Crippen LogP contribution in [0.1, 0.15) is 39.5 Å². The van der Waals surface area contributed by atoms with Gasteiger partial charge in [-0.15, -0.1) is 0 Å². The Morgan fingerprint density at radius 2 is 1.81 bits per heavy atom. The molecule has 3 N–H and O–H groups in total. The van der Waals surface area contributed by atoms with Crippen molar-refractivity contribution in [2.45, 2.75) is 32.9 Å². The van der Waals surface area contributed by atoms with Crippen molar-refractivity contribution in [3.8, 4) is 0 Å². The van der Waals surface area contributed by atoms with Crippen LogP contribution in [0.3, 0.4) is 0 Å². The molecule has 1 aromatic heterocycles. The molecule has 4 rings (SSSR count). The average molecular weight is 419 g/mol. The molecular weight excluding hydrogens is 398 g/mol. The van der Waals surface area contributed by atoms with Crippen molar-refractivity contribution in [1.29, 1.82) is 0 Å². The van der Waals surface area contributed by atoms with E-state index in [2.05, 4.69) is 5.32 Å². The Morgan fingerprint density at radius 1 is 1.10 bits per heavy atom. The fourth-order valence-electron chi connectivity index (χ4n) is 3.80. The number of nitrogens with two attached hydrogens (primary N) is 1. The number of primary amides is 1. The van der Waals surface area contributed by atoms with Crippen LogP contribution in [-0.4, -0.2) is 22.7 Å². The SMILES string of the molecule is Cc1cc2oc(=O)cc(CN3C(=O)NC(C)(c4cccc(C(N)=O)c4)C3=O)c2cc1C. The van der Waals surface area contributed by atoms with Gasteiger partial charge < -0.3 is 15.5 Å². The Balaban J connectivity index is 1.74. The summed E-state index contributed by atoms with van der Waals surface area (Å²) in [5, 5.41) is 3.36. The van der Waals surface area contributed by atoms with Crippen molar-refractivity contribution in [2.75, 3.05) is 0 Å². The zero-order valence-corrected chi connectivity index (χ0v) is 17.3. The molecule has 1 atom stereocenters. The summed E-state index contributed by atoms with van der Waals surface area (Å²) in [7, 11) is 0. The van der Waals surface area contributed by atoms with Gasteiger partial charge >= 0.3 is 11.7 Å². The van der Waals surface area contributed by atoms with Crippen LogP contribution in [0, 0.1) is 13.8 Å². The van der Waals surface area contributed by atoms with Gasteiger partial charge in [0.05, 0.1) is 6.54 Å². The quantitative estimate of drug-likeness (QED) is 0.497. The van der Waals surface area contributed by atoms with Crippen LogP contribution < -0.4 is 16.7 Å². The highest BCUT2D eigenvalue weighted by atomic mass is 16.4. The molecule has 0 bridgehead atoms. The minimum absolute atomic E-state index is 0.0969. The molecule has 3 aromatic rings. The molecule has 8 nitrogen and oxygen atoms in total. The highest BCUT2D eigenvalue weighted by Gasteiger charge is 2.49. The molecule has 158 valence electrons. The van der Waals surface area contributed by atoms with Crippen LogP contribution in [0.25, 0.3) is 11.0 Å². The smallest absolute Gasteiger partial charge is 0.336 e. The van der Waals surface area contributed by atoms with Gasteiger partial charge in [0.25, 0.3) is 5.91 Å². The van der Waals surface area contributed by atoms with Crippen molar-refractivity contribution >= 4 is 28.8 Å². The third-order valence-electron chi connectivity index (χ3n) is 5.77. The van der Waals surface area contributed by atoms with Gasteiger partial charge in [0.1, 0.15) is 11.1 Å². The molecule has 0 aliphatic carbocycles. The van der Waals surface area contributed by atoms with E-state index in [1.165, 1.54) is 18.2 Å². The van der Waals surface area contributed by atoms with E-state index in [9.17, 15) is 19.2 Å². The summed E-state index contributed by atoms with van der Waals surface area (Å²) < 4.78 is 5.30. The molecule has 1 unspecified atom stereocenters. The van der Waals surface area contributed by atoms with Gasteiger partial charge in [0.2, 0.25) is 5.91 Å². The highest BCUT2D eigenvalue weighted by Crippen LogP contribution is 2.31. The Labute approximate surface area is 177 Å². The highest BCUT2D eigenvalue weighted by molar-refractivity contribution is 6.07. The van der Waals surface area contributed by atoms with Gasteiger partial charge in [0, 0.05) is 17.0 Å². The lowest BCUT2D eigenvalue weighted by Gasteiger charge is -2.23. The van der Waals surface area contributed by atoms with Crippen molar-refractivity contribution in [3.63, 3.8) is 0 Å². The maximum Gasteiger partial charge on any atom is 0.336 e. The summed E-state index contributed by atoms with van der Waals surface area (Å²) in [5.41, 5.74) is 6.95. The molecule has 0 spiro atoms. The summed E-state index contributed by atoms with van der Waals surface area (Å²) >= 11 is 0. The predicted octanol–water partition coefficient (Wildman–Crippen LogP) is 2.48. The summed E-state index contributed by atoms with van der Waals surface area (Å²) in [5.74, 6) is -1.13. The summed E-state index contributed by atoms with van der Waals surface area (Å²) in [6, 6.07) is 10.6. The monoisotopic (exact) mass is 419 g/mol. The predicted molar refractivity (Wildman–Crippen MR) is 113 cm³/mol. The van der Waals surface area contributed by atoms with Crippen molar-refractivity contribution in [2.24, 2.45) is 5.73 Å². The van der Waals surface area contributed by atoms with Gasteiger partial charge in [-0.2, -0.15) is 0 Å². The number of carbonyl (C=O) groups is 3. The van der Waals surface area contributed by atoms with E-state index < -0.39 is 29.0 Å². The lowest BCUT2D eigenvalue weighted by molar-refractivity contribution is -0.131. The fourth-order valence-corrected chi connectivity index (χ4v) is 3.80. The van der Waals surface area contributed by atoms with E-state index in [0.717, 1.165) is 16.0 Å². The third kappa shape index (κ3) is 3.35. The molecule has 31 heavy (non-hydrogen) atoms. The Bertz CT molecular complexity index is 1330. The molecule has 1 saturated heterocycles. The number of benzene rings is 2. The molecule has 4 amide bonds. The van der Waals surface area contributed by atoms with E-state index >= 15 is 0 Å². The van der Waals surface area contributed by atoms with Crippen molar-refractivity contribution in [1.82, 2.24) is 10.2 Å². The first-order chi connectivity index (χ1) is 14.6. The molecule has 1 fully saturated rings. The second-order valence-corrected chi connectivity index (χ2v) is 7.91. The number of aryl methyl sites for hydroxylation is 2. The molecule has 1 aliphatic rings. The molecule has 1 aliphatic heterocycles. The minimum Gasteiger partial charge on any atom is -0.423 e. The van der Waals surface area contributed by atoms with E-state index in [-0.39, 0.29) is 12.1 Å². The summed E-state index contributed by atoms with van der Waals surface area (Å²) in [4.78, 5) is 50.7. The molecule has 8 heteroatoms. The summed E-state index contributed by atoms with van der Waals surface area (Å²) in [6.07, 6.45) is 0. The molecule has 2 heterocycles. The van der Waals surface area contributed by atoms with Crippen LogP contribution in [0.2, 0.25) is 0 Å². The normalized spacial score (nSPS) is 18.5. The lowest BCUT2D eigenvalue weighted by Crippen LogP contribution is -2.41. The first-order valence-corrected chi connectivity index (χ1v) is 9.68. The van der Waals surface area contributed by atoms with E-state index in [0.29, 0.717) is 22.1 Å². The number of rotatable bonds is 4. The van der Waals surface area contributed by atoms with Gasteiger partial charge in [0.15, 0.2) is 0 Å². The van der Waals surface area contributed by atoms with Crippen molar-refractivity contribution in [3.05, 3.63) is 80.7 Å². The Hall–Kier alpha value is -3.94.